The highest BCUT2D eigenvalue weighted by molar-refractivity contribution is 7.92. The Morgan fingerprint density at radius 2 is 2.00 bits per heavy atom. The van der Waals surface area contributed by atoms with Gasteiger partial charge in [-0.1, -0.05) is 38.7 Å². The van der Waals surface area contributed by atoms with Crippen LogP contribution in [0, 0.1) is 5.92 Å². The zero-order valence-electron chi connectivity index (χ0n) is 15.7. The number of fused-ring (bicyclic) bond motifs is 1. The number of hydrogen-bond acceptors (Lipinski definition) is 3. The second-order valence-corrected chi connectivity index (χ2v) is 9.59. The van der Waals surface area contributed by atoms with Crippen LogP contribution >= 0.6 is 0 Å². The molecule has 0 bridgehead atoms. The third-order valence-corrected chi connectivity index (χ3v) is 7.47. The maximum Gasteiger partial charge on any atom is 0.235 e. The minimum absolute atomic E-state index is 0.0237. The molecule has 144 valence electrons. The molecule has 0 radical (unpaired) electrons. The number of hydrogen-bond donors (Lipinski definition) is 1. The Morgan fingerprint density at radius 3 is 2.73 bits per heavy atom. The highest BCUT2D eigenvalue weighted by Gasteiger charge is 2.27. The molecular formula is C20H30N2O3S. The van der Waals surface area contributed by atoms with E-state index in [0.29, 0.717) is 31.0 Å². The highest BCUT2D eigenvalue weighted by atomic mass is 32.2. The van der Waals surface area contributed by atoms with E-state index in [1.807, 2.05) is 25.1 Å². The van der Waals surface area contributed by atoms with Crippen molar-refractivity contribution in [3.05, 3.63) is 23.8 Å². The number of sulfonamides is 1. The van der Waals surface area contributed by atoms with Crippen LogP contribution in [0.5, 0.6) is 0 Å². The van der Waals surface area contributed by atoms with Gasteiger partial charge in [-0.25, -0.2) is 8.42 Å². The van der Waals surface area contributed by atoms with Crippen molar-refractivity contribution in [3.63, 3.8) is 0 Å². The number of rotatable bonds is 7. The minimum atomic E-state index is -3.29. The highest BCUT2D eigenvalue weighted by Crippen LogP contribution is 2.33. The number of nitrogens with one attached hydrogen (secondary N) is 1. The Kier molecular flexibility index (Phi) is 6.22. The molecule has 0 atom stereocenters. The summed E-state index contributed by atoms with van der Waals surface area (Å²) < 4.78 is 26.7. The summed E-state index contributed by atoms with van der Waals surface area (Å²) in [5, 5.41) is 2.96. The van der Waals surface area contributed by atoms with E-state index in [1.54, 1.807) is 0 Å². The number of carbonyl (C=O) groups is 1. The first-order valence-corrected chi connectivity index (χ1v) is 11.5. The summed E-state index contributed by atoms with van der Waals surface area (Å²) in [6, 6.07) is 5.67. The molecule has 1 fully saturated rings. The Morgan fingerprint density at radius 1 is 1.23 bits per heavy atom. The van der Waals surface area contributed by atoms with E-state index < -0.39 is 10.0 Å². The normalized spacial score (nSPS) is 18.0. The lowest BCUT2D eigenvalue weighted by molar-refractivity contribution is -0.116. The zero-order valence-corrected chi connectivity index (χ0v) is 16.5. The van der Waals surface area contributed by atoms with Crippen LogP contribution in [-0.4, -0.2) is 26.6 Å². The van der Waals surface area contributed by atoms with Gasteiger partial charge in [-0.3, -0.25) is 9.10 Å². The third kappa shape index (κ3) is 4.58. The van der Waals surface area contributed by atoms with Crippen molar-refractivity contribution in [3.8, 4) is 0 Å². The van der Waals surface area contributed by atoms with Crippen LogP contribution < -0.4 is 9.62 Å². The van der Waals surface area contributed by atoms with Crippen LogP contribution in [0.4, 0.5) is 11.4 Å². The summed E-state index contributed by atoms with van der Waals surface area (Å²) in [6.45, 7) is 2.40. The lowest BCUT2D eigenvalue weighted by Gasteiger charge is -2.31. The standard InChI is InChI=1S/C20H30N2O3S/c1-2-14-26(24,25)22-13-5-8-17-10-11-18(15-19(17)22)21-20(23)12-9-16-6-3-4-7-16/h10-11,15-16H,2-9,12-14H2,1H3,(H,21,23). The Bertz CT molecular complexity index is 739. The van der Waals surface area contributed by atoms with Gasteiger partial charge in [-0.05, 0) is 49.3 Å². The maximum atomic E-state index is 12.6. The van der Waals surface area contributed by atoms with Crippen LogP contribution in [0.15, 0.2) is 18.2 Å². The fourth-order valence-electron chi connectivity index (χ4n) is 4.13. The predicted molar refractivity (Wildman–Crippen MR) is 106 cm³/mol. The number of aryl methyl sites for hydroxylation is 1. The van der Waals surface area contributed by atoms with Gasteiger partial charge in [-0.2, -0.15) is 0 Å². The average Bonchev–Trinajstić information content (AvgIpc) is 3.13. The Labute approximate surface area is 157 Å². The summed E-state index contributed by atoms with van der Waals surface area (Å²) >= 11 is 0. The van der Waals surface area contributed by atoms with Crippen molar-refractivity contribution in [2.24, 2.45) is 5.92 Å². The van der Waals surface area contributed by atoms with Crippen molar-refractivity contribution in [1.82, 2.24) is 0 Å². The van der Waals surface area contributed by atoms with Crippen LogP contribution in [0.25, 0.3) is 0 Å². The third-order valence-electron chi connectivity index (χ3n) is 5.50. The molecule has 1 aromatic carbocycles. The summed E-state index contributed by atoms with van der Waals surface area (Å²) in [4.78, 5) is 12.3. The molecule has 1 saturated carbocycles. The first kappa shape index (κ1) is 19.2. The summed E-state index contributed by atoms with van der Waals surface area (Å²) in [7, 11) is -3.29. The summed E-state index contributed by atoms with van der Waals surface area (Å²) in [6.07, 6.45) is 8.89. The molecule has 3 rings (SSSR count). The number of anilines is 2. The van der Waals surface area contributed by atoms with Gasteiger partial charge >= 0.3 is 0 Å². The molecule has 26 heavy (non-hydrogen) atoms. The van der Waals surface area contributed by atoms with Gasteiger partial charge in [0.1, 0.15) is 0 Å². The molecule has 1 aromatic rings. The lowest BCUT2D eigenvalue weighted by Crippen LogP contribution is -2.37. The molecule has 0 spiro atoms. The van der Waals surface area contributed by atoms with Crippen molar-refractivity contribution in [2.45, 2.75) is 64.7 Å². The van der Waals surface area contributed by atoms with Crippen molar-refractivity contribution >= 4 is 27.3 Å². The molecule has 1 aliphatic carbocycles. The number of carbonyl (C=O) groups excluding carboxylic acids is 1. The molecule has 0 unspecified atom stereocenters. The molecule has 1 heterocycles. The molecule has 0 aromatic heterocycles. The second kappa shape index (κ2) is 8.42. The van der Waals surface area contributed by atoms with Crippen LogP contribution in [0.1, 0.15) is 63.9 Å². The fraction of sp³-hybridized carbons (Fsp3) is 0.650. The van der Waals surface area contributed by atoms with Crippen molar-refractivity contribution in [1.29, 1.82) is 0 Å². The Balaban J connectivity index is 1.69. The maximum absolute atomic E-state index is 12.6. The number of nitrogens with zero attached hydrogens (tertiary/aromatic N) is 1. The summed E-state index contributed by atoms with van der Waals surface area (Å²) in [5.74, 6) is 0.874. The first-order chi connectivity index (χ1) is 12.5. The van der Waals surface area contributed by atoms with Crippen LogP contribution in [0.3, 0.4) is 0 Å². The van der Waals surface area contributed by atoms with Gasteiger partial charge in [0.25, 0.3) is 0 Å². The number of amides is 1. The monoisotopic (exact) mass is 378 g/mol. The first-order valence-electron chi connectivity index (χ1n) is 9.93. The van der Waals surface area contributed by atoms with E-state index in [2.05, 4.69) is 5.32 Å². The van der Waals surface area contributed by atoms with Gasteiger partial charge < -0.3 is 5.32 Å². The molecule has 0 saturated heterocycles. The van der Waals surface area contributed by atoms with Gasteiger partial charge in [-0.15, -0.1) is 0 Å². The predicted octanol–water partition coefficient (Wildman–Crippen LogP) is 4.09. The molecular weight excluding hydrogens is 348 g/mol. The van der Waals surface area contributed by atoms with E-state index in [9.17, 15) is 13.2 Å². The second-order valence-electron chi connectivity index (χ2n) is 7.57. The van der Waals surface area contributed by atoms with Gasteiger partial charge in [0.2, 0.25) is 15.9 Å². The lowest BCUT2D eigenvalue weighted by atomic mass is 10.0. The summed E-state index contributed by atoms with van der Waals surface area (Å²) in [5.41, 5.74) is 2.47. The zero-order chi connectivity index (χ0) is 18.6. The van der Waals surface area contributed by atoms with Crippen LogP contribution in [0.2, 0.25) is 0 Å². The Hall–Kier alpha value is -1.56. The number of benzene rings is 1. The van der Waals surface area contributed by atoms with Crippen LogP contribution in [-0.2, 0) is 21.2 Å². The van der Waals surface area contributed by atoms with E-state index in [1.165, 1.54) is 30.0 Å². The van der Waals surface area contributed by atoms with E-state index in [0.717, 1.165) is 30.5 Å². The largest absolute Gasteiger partial charge is 0.326 e. The van der Waals surface area contributed by atoms with Gasteiger partial charge in [0.05, 0.1) is 11.4 Å². The quantitative estimate of drug-likeness (QED) is 0.777. The van der Waals surface area contributed by atoms with E-state index in [4.69, 9.17) is 0 Å². The van der Waals surface area contributed by atoms with Gasteiger partial charge in [0, 0.05) is 18.7 Å². The average molecular weight is 379 g/mol. The van der Waals surface area contributed by atoms with E-state index >= 15 is 0 Å². The molecule has 6 heteroatoms. The van der Waals surface area contributed by atoms with Crippen molar-refractivity contribution < 1.29 is 13.2 Å². The molecule has 1 aliphatic heterocycles. The fourth-order valence-corrected chi connectivity index (χ4v) is 5.75. The molecule has 2 aliphatic rings. The molecule has 1 N–H and O–H groups in total. The molecule has 1 amide bonds. The smallest absolute Gasteiger partial charge is 0.235 e. The SMILES string of the molecule is CCCS(=O)(=O)N1CCCc2ccc(NC(=O)CCC3CCCC3)cc21. The van der Waals surface area contributed by atoms with Gasteiger partial charge in [0.15, 0.2) is 0 Å². The van der Waals surface area contributed by atoms with E-state index in [-0.39, 0.29) is 11.7 Å². The topological polar surface area (TPSA) is 66.5 Å². The minimum Gasteiger partial charge on any atom is -0.326 e. The molecule has 5 nitrogen and oxygen atoms in total. The van der Waals surface area contributed by atoms with Crippen molar-refractivity contribution in [2.75, 3.05) is 21.9 Å².